The zero-order chi connectivity index (χ0) is 14.1. The van der Waals surface area contributed by atoms with Gasteiger partial charge in [0.1, 0.15) is 6.10 Å². The predicted molar refractivity (Wildman–Crippen MR) is 89.0 cm³/mol. The van der Waals surface area contributed by atoms with Gasteiger partial charge in [-0.2, -0.15) is 0 Å². The molecule has 0 fully saturated rings. The monoisotopic (exact) mass is 302 g/mol. The second kappa shape index (κ2) is 5.68. The van der Waals surface area contributed by atoms with E-state index < -0.39 is 6.10 Å². The molecule has 0 aliphatic rings. The van der Waals surface area contributed by atoms with E-state index in [9.17, 15) is 5.11 Å². The number of aliphatic hydroxyl groups is 1. The van der Waals surface area contributed by atoms with Crippen LogP contribution in [0.5, 0.6) is 0 Å². The molecule has 0 aliphatic heterocycles. The van der Waals surface area contributed by atoms with Crippen molar-refractivity contribution < 1.29 is 5.11 Å². The number of thiophene rings is 2. The lowest BCUT2D eigenvalue weighted by Gasteiger charge is -2.15. The van der Waals surface area contributed by atoms with Crippen molar-refractivity contribution in [3.63, 3.8) is 0 Å². The van der Waals surface area contributed by atoms with E-state index in [2.05, 4.69) is 49.6 Å². The lowest BCUT2D eigenvalue weighted by molar-refractivity contribution is 0.223. The maximum absolute atomic E-state index is 10.8. The molecule has 20 heavy (non-hydrogen) atoms. The van der Waals surface area contributed by atoms with E-state index in [4.69, 9.17) is 0 Å². The molecule has 0 aliphatic carbocycles. The summed E-state index contributed by atoms with van der Waals surface area (Å²) < 4.78 is 2.54. The molecule has 2 heterocycles. The van der Waals surface area contributed by atoms with Crippen LogP contribution in [0.15, 0.2) is 35.7 Å². The molecule has 0 amide bonds. The van der Waals surface area contributed by atoms with E-state index in [0.29, 0.717) is 0 Å². The minimum absolute atomic E-state index is 0.499. The fourth-order valence-corrected chi connectivity index (χ4v) is 4.64. The Bertz CT molecular complexity index is 695. The van der Waals surface area contributed by atoms with Gasteiger partial charge in [-0.25, -0.2) is 0 Å². The van der Waals surface area contributed by atoms with Crippen molar-refractivity contribution in [2.75, 3.05) is 0 Å². The Morgan fingerprint density at radius 3 is 2.60 bits per heavy atom. The SMILES string of the molecule is CCc1ccc(CC)c(C(O)c2cc3sccc3s2)c1. The lowest BCUT2D eigenvalue weighted by atomic mass is 9.96. The molecule has 0 radical (unpaired) electrons. The Kier molecular flexibility index (Phi) is 3.92. The summed E-state index contributed by atoms with van der Waals surface area (Å²) >= 11 is 3.44. The van der Waals surface area contributed by atoms with Crippen LogP contribution in [0.1, 0.15) is 41.5 Å². The van der Waals surface area contributed by atoms with Crippen LogP contribution in [-0.4, -0.2) is 5.11 Å². The first-order valence-electron chi connectivity index (χ1n) is 6.99. The fourth-order valence-electron chi connectivity index (χ4n) is 2.51. The molecule has 1 atom stereocenters. The molecule has 104 valence electrons. The summed E-state index contributed by atoms with van der Waals surface area (Å²) in [5.74, 6) is 0. The van der Waals surface area contributed by atoms with Crippen LogP contribution >= 0.6 is 22.7 Å². The minimum Gasteiger partial charge on any atom is -0.383 e. The lowest BCUT2D eigenvalue weighted by Crippen LogP contribution is -2.03. The number of rotatable bonds is 4. The first kappa shape index (κ1) is 13.8. The molecule has 0 bridgehead atoms. The number of hydrogen-bond donors (Lipinski definition) is 1. The van der Waals surface area contributed by atoms with Crippen molar-refractivity contribution in [3.05, 3.63) is 57.3 Å². The Hall–Kier alpha value is -1.16. The second-order valence-corrected chi connectivity index (χ2v) is 7.00. The number of benzene rings is 1. The van der Waals surface area contributed by atoms with Gasteiger partial charge in [0.25, 0.3) is 0 Å². The highest BCUT2D eigenvalue weighted by Crippen LogP contribution is 2.37. The highest BCUT2D eigenvalue weighted by Gasteiger charge is 2.17. The molecule has 0 saturated heterocycles. The first-order chi connectivity index (χ1) is 9.72. The van der Waals surface area contributed by atoms with Crippen LogP contribution in [0, 0.1) is 0 Å². The van der Waals surface area contributed by atoms with E-state index in [-0.39, 0.29) is 0 Å². The average Bonchev–Trinajstić information content (AvgIpc) is 3.07. The number of aliphatic hydroxyl groups excluding tert-OH is 1. The molecular formula is C17H18OS2. The van der Waals surface area contributed by atoms with Gasteiger partial charge in [0, 0.05) is 14.3 Å². The van der Waals surface area contributed by atoms with Crippen LogP contribution in [-0.2, 0) is 12.8 Å². The van der Waals surface area contributed by atoms with Crippen LogP contribution in [0.3, 0.4) is 0 Å². The Labute approximate surface area is 127 Å². The Morgan fingerprint density at radius 1 is 1.05 bits per heavy atom. The van der Waals surface area contributed by atoms with Gasteiger partial charge in [-0.15, -0.1) is 22.7 Å². The number of aryl methyl sites for hydroxylation is 2. The van der Waals surface area contributed by atoms with E-state index >= 15 is 0 Å². The van der Waals surface area contributed by atoms with Gasteiger partial charge in [0.05, 0.1) is 0 Å². The molecule has 0 saturated carbocycles. The standard InChI is InChI=1S/C17H18OS2/c1-3-11-5-6-12(4-2)13(9-11)17(18)16-10-15-14(20-16)7-8-19-15/h5-10,17-18H,3-4H2,1-2H3. The van der Waals surface area contributed by atoms with Crippen LogP contribution in [0.25, 0.3) is 9.40 Å². The van der Waals surface area contributed by atoms with Crippen LogP contribution in [0.4, 0.5) is 0 Å². The molecule has 1 unspecified atom stereocenters. The third-order valence-corrected chi connectivity index (χ3v) is 5.87. The quantitative estimate of drug-likeness (QED) is 0.705. The maximum Gasteiger partial charge on any atom is 0.114 e. The van der Waals surface area contributed by atoms with E-state index in [1.165, 1.54) is 20.5 Å². The zero-order valence-electron chi connectivity index (χ0n) is 11.7. The summed E-state index contributed by atoms with van der Waals surface area (Å²) in [5.41, 5.74) is 3.60. The Morgan fingerprint density at radius 2 is 1.90 bits per heavy atom. The molecule has 0 spiro atoms. The molecule has 1 aromatic carbocycles. The minimum atomic E-state index is -0.499. The van der Waals surface area contributed by atoms with Gasteiger partial charge in [-0.1, -0.05) is 32.0 Å². The first-order valence-corrected chi connectivity index (χ1v) is 8.69. The number of hydrogen-bond acceptors (Lipinski definition) is 3. The van der Waals surface area contributed by atoms with Gasteiger partial charge >= 0.3 is 0 Å². The van der Waals surface area contributed by atoms with Crippen molar-refractivity contribution in [2.45, 2.75) is 32.8 Å². The molecule has 1 N–H and O–H groups in total. The molecule has 3 aromatic rings. The summed E-state index contributed by atoms with van der Waals surface area (Å²) in [6.07, 6.45) is 1.46. The molecule has 2 aromatic heterocycles. The van der Waals surface area contributed by atoms with E-state index in [1.54, 1.807) is 22.7 Å². The van der Waals surface area contributed by atoms with Crippen LogP contribution < -0.4 is 0 Å². The van der Waals surface area contributed by atoms with Gasteiger partial charge in [0.2, 0.25) is 0 Å². The molecule has 1 nitrogen and oxygen atoms in total. The number of fused-ring (bicyclic) bond motifs is 1. The van der Waals surface area contributed by atoms with Crippen molar-refractivity contribution >= 4 is 32.1 Å². The molecule has 3 rings (SSSR count). The molecule has 3 heteroatoms. The summed E-state index contributed by atoms with van der Waals surface area (Å²) in [5, 5.41) is 12.9. The van der Waals surface area contributed by atoms with Crippen molar-refractivity contribution in [1.82, 2.24) is 0 Å². The van der Waals surface area contributed by atoms with Crippen molar-refractivity contribution in [3.8, 4) is 0 Å². The van der Waals surface area contributed by atoms with E-state index in [1.807, 2.05) is 0 Å². The van der Waals surface area contributed by atoms with Gasteiger partial charge < -0.3 is 5.11 Å². The van der Waals surface area contributed by atoms with Gasteiger partial charge in [-0.3, -0.25) is 0 Å². The summed E-state index contributed by atoms with van der Waals surface area (Å²) in [7, 11) is 0. The van der Waals surface area contributed by atoms with E-state index in [0.717, 1.165) is 23.3 Å². The zero-order valence-corrected chi connectivity index (χ0v) is 13.4. The fraction of sp³-hybridized carbons (Fsp3) is 0.294. The van der Waals surface area contributed by atoms with Gasteiger partial charge in [0.15, 0.2) is 0 Å². The van der Waals surface area contributed by atoms with Crippen molar-refractivity contribution in [2.24, 2.45) is 0 Å². The smallest absolute Gasteiger partial charge is 0.114 e. The predicted octanol–water partition coefficient (Wildman–Crippen LogP) is 5.17. The Balaban J connectivity index is 2.04. The topological polar surface area (TPSA) is 20.2 Å². The third kappa shape index (κ3) is 2.41. The third-order valence-electron chi connectivity index (χ3n) is 3.72. The summed E-state index contributed by atoms with van der Waals surface area (Å²) in [4.78, 5) is 1.05. The highest BCUT2D eigenvalue weighted by molar-refractivity contribution is 7.26. The second-order valence-electron chi connectivity index (χ2n) is 4.94. The largest absolute Gasteiger partial charge is 0.383 e. The van der Waals surface area contributed by atoms with Gasteiger partial charge in [-0.05, 0) is 47.0 Å². The average molecular weight is 302 g/mol. The normalized spacial score (nSPS) is 12.9. The summed E-state index contributed by atoms with van der Waals surface area (Å²) in [6.45, 7) is 4.29. The highest BCUT2D eigenvalue weighted by atomic mass is 32.1. The van der Waals surface area contributed by atoms with Crippen LogP contribution in [0.2, 0.25) is 0 Å². The maximum atomic E-state index is 10.8. The van der Waals surface area contributed by atoms with Crippen molar-refractivity contribution in [1.29, 1.82) is 0 Å². The molecular weight excluding hydrogens is 284 g/mol. The summed E-state index contributed by atoms with van der Waals surface area (Å²) in [6, 6.07) is 10.8.